The Balaban J connectivity index is 0.00000361. The van der Waals surface area contributed by atoms with E-state index in [-0.39, 0.29) is 25.1 Å². The molecule has 0 aromatic heterocycles. The SMILES string of the molecule is CCOc1c(CNC(CC)CO)cc(Cl)cc1OC.Cl. The summed E-state index contributed by atoms with van der Waals surface area (Å²) in [4.78, 5) is 0. The molecule has 0 bridgehead atoms. The van der Waals surface area contributed by atoms with Crippen LogP contribution in [-0.4, -0.2) is 31.5 Å². The molecular formula is C14H23Cl2NO3. The van der Waals surface area contributed by atoms with Crippen molar-refractivity contribution in [1.82, 2.24) is 5.32 Å². The second kappa shape index (κ2) is 10.1. The zero-order valence-electron chi connectivity index (χ0n) is 12.1. The van der Waals surface area contributed by atoms with Gasteiger partial charge in [-0.05, 0) is 19.4 Å². The maximum Gasteiger partial charge on any atom is 0.165 e. The predicted octanol–water partition coefficient (Wildman–Crippen LogP) is 3.03. The van der Waals surface area contributed by atoms with Crippen molar-refractivity contribution in [3.63, 3.8) is 0 Å². The maximum atomic E-state index is 9.19. The van der Waals surface area contributed by atoms with Crippen LogP contribution < -0.4 is 14.8 Å². The van der Waals surface area contributed by atoms with Crippen LogP contribution in [0.5, 0.6) is 11.5 Å². The molecule has 0 heterocycles. The average molecular weight is 324 g/mol. The summed E-state index contributed by atoms with van der Waals surface area (Å²) in [6, 6.07) is 3.66. The largest absolute Gasteiger partial charge is 0.493 e. The van der Waals surface area contributed by atoms with Crippen molar-refractivity contribution in [3.05, 3.63) is 22.7 Å². The molecule has 4 nitrogen and oxygen atoms in total. The Bertz CT molecular complexity index is 398. The molecule has 0 aliphatic carbocycles. The Morgan fingerprint density at radius 3 is 2.55 bits per heavy atom. The summed E-state index contributed by atoms with van der Waals surface area (Å²) in [5, 5.41) is 13.1. The monoisotopic (exact) mass is 323 g/mol. The Morgan fingerprint density at radius 1 is 1.35 bits per heavy atom. The standard InChI is InChI=1S/C14H22ClNO3.ClH/c1-4-12(9-17)16-8-10-6-11(15)7-13(18-3)14(10)19-5-2;/h6-7,12,16-17H,4-5,8-9H2,1-3H3;1H. The van der Waals surface area contributed by atoms with Crippen LogP contribution in [0, 0.1) is 0 Å². The van der Waals surface area contributed by atoms with Crippen molar-refractivity contribution in [2.75, 3.05) is 20.3 Å². The van der Waals surface area contributed by atoms with Crippen molar-refractivity contribution >= 4 is 24.0 Å². The van der Waals surface area contributed by atoms with Gasteiger partial charge in [-0.2, -0.15) is 0 Å². The number of hydrogen-bond acceptors (Lipinski definition) is 4. The van der Waals surface area contributed by atoms with Gasteiger partial charge in [0.15, 0.2) is 11.5 Å². The molecule has 1 rings (SSSR count). The highest BCUT2D eigenvalue weighted by atomic mass is 35.5. The first kappa shape index (κ1) is 19.3. The van der Waals surface area contributed by atoms with Crippen LogP contribution in [0.1, 0.15) is 25.8 Å². The summed E-state index contributed by atoms with van der Waals surface area (Å²) in [6.07, 6.45) is 0.859. The lowest BCUT2D eigenvalue weighted by molar-refractivity contribution is 0.237. The zero-order chi connectivity index (χ0) is 14.3. The van der Waals surface area contributed by atoms with E-state index in [9.17, 15) is 5.11 Å². The third-order valence-corrected chi connectivity index (χ3v) is 3.12. The highest BCUT2D eigenvalue weighted by Crippen LogP contribution is 2.34. The first-order valence-corrected chi connectivity index (χ1v) is 6.87. The summed E-state index contributed by atoms with van der Waals surface area (Å²) < 4.78 is 10.9. The van der Waals surface area contributed by atoms with E-state index in [1.807, 2.05) is 19.9 Å². The molecule has 0 spiro atoms. The third kappa shape index (κ3) is 5.37. The van der Waals surface area contributed by atoms with Gasteiger partial charge in [0, 0.05) is 29.2 Å². The summed E-state index contributed by atoms with van der Waals surface area (Å²) in [5.41, 5.74) is 0.929. The highest BCUT2D eigenvalue weighted by molar-refractivity contribution is 6.30. The summed E-state index contributed by atoms with van der Waals surface area (Å²) in [7, 11) is 1.59. The molecule has 20 heavy (non-hydrogen) atoms. The Labute approximate surface area is 131 Å². The number of benzene rings is 1. The highest BCUT2D eigenvalue weighted by Gasteiger charge is 2.13. The number of ether oxygens (including phenoxy) is 2. The second-order valence-corrected chi connectivity index (χ2v) is 4.63. The van der Waals surface area contributed by atoms with Crippen LogP contribution in [0.4, 0.5) is 0 Å². The van der Waals surface area contributed by atoms with Crippen molar-refractivity contribution in [2.45, 2.75) is 32.9 Å². The van der Waals surface area contributed by atoms with E-state index < -0.39 is 0 Å². The van der Waals surface area contributed by atoms with E-state index in [0.29, 0.717) is 29.7 Å². The normalized spacial score (nSPS) is 11.7. The first-order valence-electron chi connectivity index (χ1n) is 6.49. The fraction of sp³-hybridized carbons (Fsp3) is 0.571. The summed E-state index contributed by atoms with van der Waals surface area (Å²) in [5.74, 6) is 1.33. The lowest BCUT2D eigenvalue weighted by atomic mass is 10.1. The Hall–Kier alpha value is -0.680. The van der Waals surface area contributed by atoms with Gasteiger partial charge in [0.05, 0.1) is 20.3 Å². The lowest BCUT2D eigenvalue weighted by Crippen LogP contribution is -2.31. The molecule has 116 valence electrons. The van der Waals surface area contributed by atoms with E-state index in [2.05, 4.69) is 5.32 Å². The number of aliphatic hydroxyl groups excluding tert-OH is 1. The fourth-order valence-corrected chi connectivity index (χ4v) is 2.04. The number of hydrogen-bond donors (Lipinski definition) is 2. The van der Waals surface area contributed by atoms with Crippen LogP contribution in [0.15, 0.2) is 12.1 Å². The molecule has 0 fully saturated rings. The fourth-order valence-electron chi connectivity index (χ4n) is 1.81. The number of rotatable bonds is 8. The number of methoxy groups -OCH3 is 1. The van der Waals surface area contributed by atoms with Crippen molar-refractivity contribution < 1.29 is 14.6 Å². The molecule has 0 aliphatic rings. The quantitative estimate of drug-likeness (QED) is 0.772. The van der Waals surface area contributed by atoms with Gasteiger partial charge in [-0.1, -0.05) is 18.5 Å². The van der Waals surface area contributed by atoms with E-state index >= 15 is 0 Å². The average Bonchev–Trinajstić information content (AvgIpc) is 2.42. The van der Waals surface area contributed by atoms with Gasteiger partial charge in [0.2, 0.25) is 0 Å². The second-order valence-electron chi connectivity index (χ2n) is 4.20. The van der Waals surface area contributed by atoms with Gasteiger partial charge in [0.1, 0.15) is 0 Å². The molecule has 0 saturated heterocycles. The molecule has 6 heteroatoms. The molecule has 1 unspecified atom stereocenters. The Kier molecular flexibility index (Phi) is 9.76. The zero-order valence-corrected chi connectivity index (χ0v) is 13.7. The van der Waals surface area contributed by atoms with Crippen LogP contribution in [0.25, 0.3) is 0 Å². The van der Waals surface area contributed by atoms with Crippen molar-refractivity contribution in [2.24, 2.45) is 0 Å². The smallest absolute Gasteiger partial charge is 0.165 e. The number of halogens is 2. The lowest BCUT2D eigenvalue weighted by Gasteiger charge is -2.18. The van der Waals surface area contributed by atoms with Crippen molar-refractivity contribution in [1.29, 1.82) is 0 Å². The summed E-state index contributed by atoms with van der Waals surface area (Å²) in [6.45, 7) is 5.19. The minimum atomic E-state index is 0. The van der Waals surface area contributed by atoms with E-state index in [1.54, 1.807) is 13.2 Å². The predicted molar refractivity (Wildman–Crippen MR) is 84.4 cm³/mol. The van der Waals surface area contributed by atoms with Gasteiger partial charge in [-0.25, -0.2) is 0 Å². The molecule has 0 aliphatic heterocycles. The van der Waals surface area contributed by atoms with Gasteiger partial charge in [-0.3, -0.25) is 0 Å². The van der Waals surface area contributed by atoms with Crippen LogP contribution in [-0.2, 0) is 6.54 Å². The van der Waals surface area contributed by atoms with Gasteiger partial charge >= 0.3 is 0 Å². The Morgan fingerprint density at radius 2 is 2.05 bits per heavy atom. The molecule has 0 radical (unpaired) electrons. The third-order valence-electron chi connectivity index (χ3n) is 2.90. The van der Waals surface area contributed by atoms with Gasteiger partial charge in [0.25, 0.3) is 0 Å². The van der Waals surface area contributed by atoms with E-state index in [1.165, 1.54) is 0 Å². The van der Waals surface area contributed by atoms with Crippen LogP contribution in [0.3, 0.4) is 0 Å². The molecule has 0 amide bonds. The topological polar surface area (TPSA) is 50.7 Å². The number of nitrogens with one attached hydrogen (secondary N) is 1. The van der Waals surface area contributed by atoms with Crippen LogP contribution >= 0.6 is 24.0 Å². The minimum Gasteiger partial charge on any atom is -0.493 e. The van der Waals surface area contributed by atoms with Gasteiger partial charge in [-0.15, -0.1) is 12.4 Å². The number of aliphatic hydroxyl groups is 1. The van der Waals surface area contributed by atoms with Crippen LogP contribution in [0.2, 0.25) is 5.02 Å². The molecule has 1 atom stereocenters. The summed E-state index contributed by atoms with van der Waals surface area (Å²) >= 11 is 6.07. The first-order chi connectivity index (χ1) is 9.15. The molecule has 1 aromatic rings. The van der Waals surface area contributed by atoms with E-state index in [0.717, 1.165) is 12.0 Å². The molecule has 1 aromatic carbocycles. The minimum absolute atomic E-state index is 0. The van der Waals surface area contributed by atoms with E-state index in [4.69, 9.17) is 21.1 Å². The maximum absolute atomic E-state index is 9.19. The van der Waals surface area contributed by atoms with Gasteiger partial charge < -0.3 is 19.9 Å². The molecular weight excluding hydrogens is 301 g/mol. The molecule has 2 N–H and O–H groups in total. The molecule has 0 saturated carbocycles. The van der Waals surface area contributed by atoms with Crippen molar-refractivity contribution in [3.8, 4) is 11.5 Å².